The number of hydrogen-bond acceptors (Lipinski definition) is 3. The van der Waals surface area contributed by atoms with Crippen LogP contribution >= 0.6 is 0 Å². The Morgan fingerprint density at radius 3 is 2.49 bits per heavy atom. The van der Waals surface area contributed by atoms with E-state index in [1.165, 1.54) is 24.8 Å². The average Bonchev–Trinajstić information content (AvgIpc) is 3.05. The van der Waals surface area contributed by atoms with Gasteiger partial charge in [0, 0.05) is 43.0 Å². The molecule has 0 saturated carbocycles. The van der Waals surface area contributed by atoms with Crippen LogP contribution in [-0.2, 0) is 24.2 Å². The first-order valence-electron chi connectivity index (χ1n) is 12.4. The summed E-state index contributed by atoms with van der Waals surface area (Å²) in [5.41, 5.74) is 4.87. The number of aryl methyl sites for hydroxylation is 3. The smallest absolute Gasteiger partial charge is 0.241 e. The summed E-state index contributed by atoms with van der Waals surface area (Å²) in [6.07, 6.45) is 2.87. The third kappa shape index (κ3) is 5.01. The summed E-state index contributed by atoms with van der Waals surface area (Å²) < 4.78 is 30.6. The zero-order chi connectivity index (χ0) is 25.1. The maximum atomic E-state index is 14.3. The minimum Gasteiger partial charge on any atom is -0.358 e. The molecule has 0 fully saturated rings. The van der Waals surface area contributed by atoms with E-state index in [1.54, 1.807) is 7.05 Å². The number of likely N-dealkylation sites (N-methyl/N-ethyl adjacent to an activating group) is 1. The van der Waals surface area contributed by atoms with Crippen molar-refractivity contribution in [1.82, 2.24) is 20.0 Å². The lowest BCUT2D eigenvalue weighted by Gasteiger charge is -2.37. The molecule has 0 radical (unpaired) electrons. The second kappa shape index (κ2) is 10.7. The second-order valence-electron chi connectivity index (χ2n) is 9.27. The molecular formula is C28H34F2N4O. The molecule has 2 heterocycles. The van der Waals surface area contributed by atoms with Gasteiger partial charge in [0.05, 0.1) is 5.69 Å². The van der Waals surface area contributed by atoms with Gasteiger partial charge in [-0.15, -0.1) is 0 Å². The number of nitrogens with one attached hydrogen (secondary N) is 1. The zero-order valence-electron chi connectivity index (χ0n) is 20.9. The maximum Gasteiger partial charge on any atom is 0.241 e. The van der Waals surface area contributed by atoms with Gasteiger partial charge in [0.2, 0.25) is 5.91 Å². The predicted octanol–water partition coefficient (Wildman–Crippen LogP) is 5.21. The van der Waals surface area contributed by atoms with Crippen molar-refractivity contribution >= 4 is 5.91 Å². The van der Waals surface area contributed by atoms with Crippen molar-refractivity contribution in [2.75, 3.05) is 13.6 Å². The maximum absolute atomic E-state index is 14.3. The van der Waals surface area contributed by atoms with Gasteiger partial charge in [-0.3, -0.25) is 14.4 Å². The monoisotopic (exact) mass is 480 g/mol. The van der Waals surface area contributed by atoms with Gasteiger partial charge in [0.15, 0.2) is 0 Å². The Bertz CT molecular complexity index is 1170. The van der Waals surface area contributed by atoms with Crippen LogP contribution < -0.4 is 5.32 Å². The first-order valence-corrected chi connectivity index (χ1v) is 12.4. The van der Waals surface area contributed by atoms with Crippen LogP contribution in [0.3, 0.4) is 0 Å². The van der Waals surface area contributed by atoms with Gasteiger partial charge in [-0.25, -0.2) is 8.78 Å². The number of amides is 1. The number of hydrogen-bond donors (Lipinski definition) is 1. The first kappa shape index (κ1) is 25.0. The molecule has 0 spiro atoms. The summed E-state index contributed by atoms with van der Waals surface area (Å²) >= 11 is 0. The molecule has 7 heteroatoms. The molecule has 1 amide bonds. The number of aromatic nitrogens is 2. The topological polar surface area (TPSA) is 50.2 Å². The highest BCUT2D eigenvalue weighted by Gasteiger charge is 2.37. The summed E-state index contributed by atoms with van der Waals surface area (Å²) in [4.78, 5) is 15.5. The Hall–Kier alpha value is -3.06. The summed E-state index contributed by atoms with van der Waals surface area (Å²) in [6.45, 7) is 7.05. The first-order chi connectivity index (χ1) is 16.8. The van der Waals surface area contributed by atoms with Crippen molar-refractivity contribution in [3.63, 3.8) is 0 Å². The molecule has 2 aromatic carbocycles. The number of nitrogens with zero attached hydrogens (tertiary/aromatic N) is 3. The van der Waals surface area contributed by atoms with Gasteiger partial charge in [-0.1, -0.05) is 30.3 Å². The number of carbonyl (C=O) groups is 1. The molecule has 4 rings (SSSR count). The molecule has 1 N–H and O–H groups in total. The minimum absolute atomic E-state index is 0.0379. The van der Waals surface area contributed by atoms with Crippen LogP contribution in [0.15, 0.2) is 42.5 Å². The quantitative estimate of drug-likeness (QED) is 0.505. The molecular weight excluding hydrogens is 446 g/mol. The molecule has 35 heavy (non-hydrogen) atoms. The van der Waals surface area contributed by atoms with Gasteiger partial charge in [-0.2, -0.15) is 5.10 Å². The van der Waals surface area contributed by atoms with E-state index in [0.717, 1.165) is 42.8 Å². The van der Waals surface area contributed by atoms with Crippen LogP contribution in [0.25, 0.3) is 0 Å². The molecule has 5 nitrogen and oxygen atoms in total. The van der Waals surface area contributed by atoms with E-state index < -0.39 is 17.7 Å². The largest absolute Gasteiger partial charge is 0.358 e. The Kier molecular flexibility index (Phi) is 7.65. The predicted molar refractivity (Wildman–Crippen MR) is 133 cm³/mol. The third-order valence-corrected chi connectivity index (χ3v) is 7.13. The molecule has 186 valence electrons. The number of benzene rings is 2. The van der Waals surface area contributed by atoms with Crippen molar-refractivity contribution in [3.8, 4) is 0 Å². The third-order valence-electron chi connectivity index (χ3n) is 7.13. The van der Waals surface area contributed by atoms with E-state index in [-0.39, 0.29) is 17.5 Å². The Balaban J connectivity index is 1.79. The van der Waals surface area contributed by atoms with Crippen LogP contribution in [-0.4, -0.2) is 34.2 Å². The Morgan fingerprint density at radius 1 is 1.17 bits per heavy atom. The normalized spacial score (nSPS) is 17.0. The van der Waals surface area contributed by atoms with Crippen LogP contribution in [0.1, 0.15) is 65.5 Å². The van der Waals surface area contributed by atoms with E-state index >= 15 is 0 Å². The van der Waals surface area contributed by atoms with E-state index in [4.69, 9.17) is 5.10 Å². The summed E-state index contributed by atoms with van der Waals surface area (Å²) in [7, 11) is 1.66. The summed E-state index contributed by atoms with van der Waals surface area (Å²) in [6, 6.07) is 12.1. The number of carbonyl (C=O) groups excluding carboxylic acids is 1. The van der Waals surface area contributed by atoms with Crippen molar-refractivity contribution in [2.24, 2.45) is 0 Å². The van der Waals surface area contributed by atoms with Gasteiger partial charge >= 0.3 is 0 Å². The highest BCUT2D eigenvalue weighted by atomic mass is 19.1. The lowest BCUT2D eigenvalue weighted by molar-refractivity contribution is -0.127. The van der Waals surface area contributed by atoms with Crippen molar-refractivity contribution in [3.05, 3.63) is 87.7 Å². The fraction of sp³-hybridized carbons (Fsp3) is 0.429. The van der Waals surface area contributed by atoms with Gasteiger partial charge < -0.3 is 5.32 Å². The summed E-state index contributed by atoms with van der Waals surface area (Å²) in [5.74, 6) is -1.13. The van der Waals surface area contributed by atoms with Gasteiger partial charge in [0.25, 0.3) is 0 Å². The highest BCUT2D eigenvalue weighted by Crippen LogP contribution is 2.40. The van der Waals surface area contributed by atoms with Crippen LogP contribution in [0.5, 0.6) is 0 Å². The lowest BCUT2D eigenvalue weighted by Crippen LogP contribution is -2.41. The number of rotatable bonds is 7. The van der Waals surface area contributed by atoms with E-state index in [0.29, 0.717) is 18.4 Å². The number of halogens is 2. The molecule has 0 unspecified atom stereocenters. The minimum atomic E-state index is -0.527. The molecule has 2 atom stereocenters. The van der Waals surface area contributed by atoms with Crippen molar-refractivity contribution in [1.29, 1.82) is 0 Å². The Labute approximate surface area is 206 Å². The van der Waals surface area contributed by atoms with E-state index in [9.17, 15) is 13.6 Å². The zero-order valence-corrected chi connectivity index (χ0v) is 20.9. The highest BCUT2D eigenvalue weighted by molar-refractivity contribution is 5.83. The molecule has 3 aromatic rings. The van der Waals surface area contributed by atoms with Crippen molar-refractivity contribution < 1.29 is 13.6 Å². The number of fused-ring (bicyclic) bond motifs is 1. The molecule has 0 bridgehead atoms. The second-order valence-corrected chi connectivity index (χ2v) is 9.27. The van der Waals surface area contributed by atoms with Crippen molar-refractivity contribution in [2.45, 2.75) is 65.1 Å². The van der Waals surface area contributed by atoms with E-state index in [2.05, 4.69) is 21.8 Å². The van der Waals surface area contributed by atoms with Crippen LogP contribution in [0.4, 0.5) is 8.78 Å². The molecule has 1 aliphatic rings. The molecule has 0 saturated heterocycles. The molecule has 1 aromatic heterocycles. The molecule has 0 aliphatic carbocycles. The summed E-state index contributed by atoms with van der Waals surface area (Å²) in [5, 5.41) is 7.65. The standard InChI is InChI=1S/C28H34F2N4O/c1-5-34-25-12-9-15-33(27(28(35)31-4)21-10-7-6-8-11-21)24(26(25)19(3)32-34)14-13-20-16-22(29)18(2)23(30)17-20/h6-8,10-11,16-17,24,27H,5,9,12-15H2,1-4H3,(H,31,35)/t24-,27-/m1/s1. The fourth-order valence-electron chi connectivity index (χ4n) is 5.38. The Morgan fingerprint density at radius 2 is 1.86 bits per heavy atom. The average molecular weight is 481 g/mol. The molecule has 1 aliphatic heterocycles. The van der Waals surface area contributed by atoms with Gasteiger partial charge in [0.1, 0.15) is 17.7 Å². The fourth-order valence-corrected chi connectivity index (χ4v) is 5.38. The van der Waals surface area contributed by atoms with E-state index in [1.807, 2.05) is 37.3 Å². The van der Waals surface area contributed by atoms with Gasteiger partial charge in [-0.05, 0) is 69.7 Å². The SMILES string of the molecule is CCn1nc(C)c2c1CCCN([C@@H](C(=O)NC)c1ccccc1)[C@@H]2CCc1cc(F)c(C)c(F)c1. The van der Waals surface area contributed by atoms with Crippen LogP contribution in [0.2, 0.25) is 0 Å². The lowest BCUT2D eigenvalue weighted by atomic mass is 9.93. The van der Waals surface area contributed by atoms with Crippen LogP contribution in [0, 0.1) is 25.5 Å².